The average Bonchev–Trinajstić information content (AvgIpc) is 2.59. The van der Waals surface area contributed by atoms with Gasteiger partial charge < -0.3 is 15.0 Å². The molecule has 0 bridgehead atoms. The third kappa shape index (κ3) is 4.94. The number of carbonyl (C=O) groups excluding carboxylic acids is 1. The van der Waals surface area contributed by atoms with Crippen LogP contribution in [0.4, 0.5) is 13.2 Å². The Morgan fingerprint density at radius 3 is 2.45 bits per heavy atom. The molecule has 0 spiro atoms. The van der Waals surface area contributed by atoms with E-state index in [1.165, 1.54) is 26.0 Å². The molecule has 0 aromatic carbocycles. The highest BCUT2D eigenvalue weighted by Gasteiger charge is 2.31. The quantitative estimate of drug-likeness (QED) is 0.872. The molecule has 1 amide bonds. The molecule has 1 rings (SSSR count). The molecule has 0 saturated heterocycles. The number of aliphatic carboxylic acids is 1. The van der Waals surface area contributed by atoms with Crippen molar-refractivity contribution in [2.75, 3.05) is 0 Å². The highest BCUT2D eigenvalue weighted by atomic mass is 19.4. The smallest absolute Gasteiger partial charge is 0.406 e. The first-order chi connectivity index (χ1) is 9.00. The molecule has 0 atom stereocenters. The highest BCUT2D eigenvalue weighted by molar-refractivity contribution is 5.93. The largest absolute Gasteiger partial charge is 0.481 e. The van der Waals surface area contributed by atoms with E-state index >= 15 is 0 Å². The van der Waals surface area contributed by atoms with E-state index in [0.29, 0.717) is 0 Å². The summed E-state index contributed by atoms with van der Waals surface area (Å²) in [6, 6.07) is 2.57. The Kier molecular flexibility index (Phi) is 4.46. The molecule has 8 heteroatoms. The minimum absolute atomic E-state index is 0.166. The first-order valence-electron chi connectivity index (χ1n) is 5.76. The maximum Gasteiger partial charge on any atom is 0.406 e. The first kappa shape index (κ1) is 16.1. The molecule has 0 fully saturated rings. The van der Waals surface area contributed by atoms with Gasteiger partial charge in [0.25, 0.3) is 5.91 Å². The van der Waals surface area contributed by atoms with Crippen LogP contribution in [0.25, 0.3) is 0 Å². The SMILES string of the molecule is CC(C)(CC(=O)O)NC(=O)c1cccn1CC(F)(F)F. The Labute approximate surface area is 113 Å². The second kappa shape index (κ2) is 5.56. The zero-order valence-corrected chi connectivity index (χ0v) is 11.0. The van der Waals surface area contributed by atoms with Gasteiger partial charge in [-0.3, -0.25) is 9.59 Å². The number of halogens is 3. The second-order valence-electron chi connectivity index (χ2n) is 5.05. The van der Waals surface area contributed by atoms with Crippen molar-refractivity contribution in [1.29, 1.82) is 0 Å². The summed E-state index contributed by atoms with van der Waals surface area (Å²) >= 11 is 0. The van der Waals surface area contributed by atoms with Crippen molar-refractivity contribution < 1.29 is 27.9 Å². The molecule has 1 heterocycles. The molecule has 1 aromatic heterocycles. The van der Waals surface area contributed by atoms with E-state index < -0.39 is 30.1 Å². The van der Waals surface area contributed by atoms with E-state index in [-0.39, 0.29) is 12.1 Å². The van der Waals surface area contributed by atoms with Gasteiger partial charge in [0.05, 0.1) is 6.42 Å². The molecule has 0 aliphatic heterocycles. The summed E-state index contributed by atoms with van der Waals surface area (Å²) in [6.07, 6.45) is -3.63. The van der Waals surface area contributed by atoms with Gasteiger partial charge in [-0.05, 0) is 26.0 Å². The van der Waals surface area contributed by atoms with Crippen LogP contribution in [0, 0.1) is 0 Å². The molecule has 5 nitrogen and oxygen atoms in total. The van der Waals surface area contributed by atoms with E-state index in [1.807, 2.05) is 0 Å². The Bertz CT molecular complexity index is 506. The lowest BCUT2D eigenvalue weighted by Crippen LogP contribution is -2.45. The summed E-state index contributed by atoms with van der Waals surface area (Å²) in [6.45, 7) is 1.69. The molecule has 0 unspecified atom stereocenters. The number of rotatable bonds is 5. The van der Waals surface area contributed by atoms with E-state index in [1.54, 1.807) is 0 Å². The van der Waals surface area contributed by atoms with Crippen LogP contribution in [0.3, 0.4) is 0 Å². The lowest BCUT2D eigenvalue weighted by Gasteiger charge is -2.24. The topological polar surface area (TPSA) is 71.3 Å². The Balaban J connectivity index is 2.83. The Morgan fingerprint density at radius 2 is 1.95 bits per heavy atom. The van der Waals surface area contributed by atoms with Gasteiger partial charge in [0.2, 0.25) is 0 Å². The summed E-state index contributed by atoms with van der Waals surface area (Å²) in [7, 11) is 0. The minimum atomic E-state index is -4.44. The minimum Gasteiger partial charge on any atom is -0.481 e. The molecular weight excluding hydrogens is 277 g/mol. The first-order valence-corrected chi connectivity index (χ1v) is 5.76. The zero-order valence-electron chi connectivity index (χ0n) is 11.0. The van der Waals surface area contributed by atoms with Crippen molar-refractivity contribution in [2.24, 2.45) is 0 Å². The fourth-order valence-electron chi connectivity index (χ4n) is 1.74. The van der Waals surface area contributed by atoms with Crippen LogP contribution in [0.2, 0.25) is 0 Å². The number of aromatic nitrogens is 1. The van der Waals surface area contributed by atoms with Gasteiger partial charge in [-0.1, -0.05) is 0 Å². The van der Waals surface area contributed by atoms with Gasteiger partial charge in [-0.15, -0.1) is 0 Å². The summed E-state index contributed by atoms with van der Waals surface area (Å²) < 4.78 is 37.8. The van der Waals surface area contributed by atoms with Crippen molar-refractivity contribution in [2.45, 2.75) is 38.5 Å². The van der Waals surface area contributed by atoms with E-state index in [2.05, 4.69) is 5.32 Å². The number of carboxylic acid groups (broad SMARTS) is 1. The summed E-state index contributed by atoms with van der Waals surface area (Å²) in [5.41, 5.74) is -1.23. The Morgan fingerprint density at radius 1 is 1.35 bits per heavy atom. The van der Waals surface area contributed by atoms with Crippen LogP contribution >= 0.6 is 0 Å². The van der Waals surface area contributed by atoms with E-state index in [9.17, 15) is 22.8 Å². The standard InChI is InChI=1S/C12H15F3N2O3/c1-11(2,6-9(18)19)16-10(20)8-4-3-5-17(8)7-12(13,14)15/h3-5H,6-7H2,1-2H3,(H,16,20)(H,18,19). The van der Waals surface area contributed by atoms with Crippen molar-refractivity contribution in [3.63, 3.8) is 0 Å². The van der Waals surface area contributed by atoms with Crippen molar-refractivity contribution >= 4 is 11.9 Å². The molecule has 0 aliphatic rings. The molecule has 0 aliphatic carbocycles. The van der Waals surface area contributed by atoms with Gasteiger partial charge in [0.15, 0.2) is 0 Å². The number of alkyl halides is 3. The van der Waals surface area contributed by atoms with Gasteiger partial charge >= 0.3 is 12.1 Å². The predicted molar refractivity (Wildman–Crippen MR) is 64.3 cm³/mol. The van der Waals surface area contributed by atoms with Crippen LogP contribution in [-0.4, -0.2) is 33.3 Å². The average molecular weight is 292 g/mol. The number of hydrogen-bond donors (Lipinski definition) is 2. The summed E-state index contributed by atoms with van der Waals surface area (Å²) in [5, 5.41) is 11.1. The van der Waals surface area contributed by atoms with Crippen LogP contribution in [0.15, 0.2) is 18.3 Å². The Hall–Kier alpha value is -1.99. The van der Waals surface area contributed by atoms with Gasteiger partial charge in [0, 0.05) is 11.7 Å². The monoisotopic (exact) mass is 292 g/mol. The predicted octanol–water partition coefficient (Wildman–Crippen LogP) is 2.03. The van der Waals surface area contributed by atoms with Gasteiger partial charge in [0.1, 0.15) is 12.2 Å². The fourth-order valence-corrected chi connectivity index (χ4v) is 1.74. The van der Waals surface area contributed by atoms with E-state index in [4.69, 9.17) is 5.11 Å². The lowest BCUT2D eigenvalue weighted by molar-refractivity contribution is -0.140. The number of nitrogens with zero attached hydrogens (tertiary/aromatic N) is 1. The van der Waals surface area contributed by atoms with Crippen LogP contribution < -0.4 is 5.32 Å². The lowest BCUT2D eigenvalue weighted by atomic mass is 10.0. The van der Waals surface area contributed by atoms with Crippen molar-refractivity contribution in [1.82, 2.24) is 9.88 Å². The molecule has 0 radical (unpaired) electrons. The number of nitrogens with one attached hydrogen (secondary N) is 1. The molecule has 112 valence electrons. The maximum absolute atomic E-state index is 12.3. The third-order valence-electron chi connectivity index (χ3n) is 2.46. The van der Waals surface area contributed by atoms with Crippen molar-refractivity contribution in [3.05, 3.63) is 24.0 Å². The maximum atomic E-state index is 12.3. The third-order valence-corrected chi connectivity index (χ3v) is 2.46. The van der Waals surface area contributed by atoms with Gasteiger partial charge in [-0.2, -0.15) is 13.2 Å². The molecule has 2 N–H and O–H groups in total. The summed E-state index contributed by atoms with van der Waals surface area (Å²) in [4.78, 5) is 22.5. The van der Waals surface area contributed by atoms with Crippen LogP contribution in [0.5, 0.6) is 0 Å². The number of carbonyl (C=O) groups is 2. The second-order valence-corrected chi connectivity index (χ2v) is 5.05. The van der Waals surface area contributed by atoms with Gasteiger partial charge in [-0.25, -0.2) is 0 Å². The molecule has 1 aromatic rings. The summed E-state index contributed by atoms with van der Waals surface area (Å²) in [5.74, 6) is -1.86. The zero-order chi connectivity index (χ0) is 15.6. The number of hydrogen-bond acceptors (Lipinski definition) is 2. The molecule has 0 saturated carbocycles. The fraction of sp³-hybridized carbons (Fsp3) is 0.500. The van der Waals surface area contributed by atoms with E-state index in [0.717, 1.165) is 10.8 Å². The molecular formula is C12H15F3N2O3. The normalized spacial score (nSPS) is 12.2. The highest BCUT2D eigenvalue weighted by Crippen LogP contribution is 2.19. The number of amides is 1. The number of carboxylic acids is 1. The van der Waals surface area contributed by atoms with Crippen LogP contribution in [0.1, 0.15) is 30.8 Å². The molecule has 20 heavy (non-hydrogen) atoms. The van der Waals surface area contributed by atoms with Crippen molar-refractivity contribution in [3.8, 4) is 0 Å². The van der Waals surface area contributed by atoms with Crippen LogP contribution in [-0.2, 0) is 11.3 Å².